The number of nitrogens with zero attached hydrogens (tertiary/aromatic N) is 2. The molecule has 0 aromatic heterocycles. The number of allylic oxidation sites excluding steroid dienone is 2. The van der Waals surface area contributed by atoms with E-state index in [-0.39, 0.29) is 0 Å². The van der Waals surface area contributed by atoms with Crippen molar-refractivity contribution in [3.8, 4) is 0 Å². The van der Waals surface area contributed by atoms with Gasteiger partial charge < -0.3 is 4.90 Å². The van der Waals surface area contributed by atoms with E-state index < -0.39 is 0 Å². The third kappa shape index (κ3) is 2.01. The highest BCUT2D eigenvalue weighted by Crippen LogP contribution is 2.19. The van der Waals surface area contributed by atoms with Gasteiger partial charge in [-0.25, -0.2) is 0 Å². The summed E-state index contributed by atoms with van der Waals surface area (Å²) >= 11 is 1.63. The van der Waals surface area contributed by atoms with Gasteiger partial charge in [0.05, 0.1) is 5.70 Å². The molecule has 0 aromatic carbocycles. The zero-order chi connectivity index (χ0) is 8.97. The first-order valence-corrected chi connectivity index (χ1v) is 4.57. The van der Waals surface area contributed by atoms with Gasteiger partial charge in [0.15, 0.2) is 0 Å². The van der Waals surface area contributed by atoms with Crippen molar-refractivity contribution < 1.29 is 0 Å². The minimum absolute atomic E-state index is 0.978. The number of aliphatic imine (C=N–C) groups is 1. The minimum atomic E-state index is 0.978. The molecule has 64 valence electrons. The molecule has 0 radical (unpaired) electrons. The fourth-order valence-corrected chi connectivity index (χ4v) is 1.51. The van der Waals surface area contributed by atoms with Crippen LogP contribution in [0.2, 0.25) is 0 Å². The molecule has 0 aromatic rings. The molecule has 1 rings (SSSR count). The minimum Gasteiger partial charge on any atom is -0.343 e. The topological polar surface area (TPSA) is 15.6 Å². The summed E-state index contributed by atoms with van der Waals surface area (Å²) in [5.41, 5.74) is 2.05. The van der Waals surface area contributed by atoms with Crippen molar-refractivity contribution in [2.24, 2.45) is 4.99 Å². The molecule has 1 heterocycles. The molecule has 0 N–H and O–H groups in total. The number of rotatable bonds is 1. The Bertz CT molecular complexity index is 264. The molecule has 3 heteroatoms. The van der Waals surface area contributed by atoms with Crippen molar-refractivity contribution in [2.45, 2.75) is 0 Å². The highest BCUT2D eigenvalue weighted by atomic mass is 32.2. The zero-order valence-electron chi connectivity index (χ0n) is 7.32. The standard InChI is InChI=1S/C9H12N2S/c1-8-4-5-12-7-9(6-10-2)11(8)3/h4-7H,1H2,2-3H3/b10-6+. The summed E-state index contributed by atoms with van der Waals surface area (Å²) in [4.78, 5) is 5.97. The molecule has 0 spiro atoms. The Morgan fingerprint density at radius 1 is 1.67 bits per heavy atom. The van der Waals surface area contributed by atoms with Crippen LogP contribution in [0.1, 0.15) is 0 Å². The first-order chi connectivity index (χ1) is 5.75. The van der Waals surface area contributed by atoms with Crippen LogP contribution in [0, 0.1) is 0 Å². The predicted molar refractivity (Wildman–Crippen MR) is 56.1 cm³/mol. The lowest BCUT2D eigenvalue weighted by atomic mass is 10.4. The fraction of sp³-hybridized carbons (Fsp3) is 0.222. The Balaban J connectivity index is 2.87. The van der Waals surface area contributed by atoms with E-state index in [9.17, 15) is 0 Å². The predicted octanol–water partition coefficient (Wildman–Crippen LogP) is 2.23. The summed E-state index contributed by atoms with van der Waals surface area (Å²) in [6.07, 6.45) is 3.81. The summed E-state index contributed by atoms with van der Waals surface area (Å²) in [6.45, 7) is 3.91. The third-order valence-corrected chi connectivity index (χ3v) is 2.28. The van der Waals surface area contributed by atoms with E-state index in [2.05, 4.69) is 11.6 Å². The molecule has 0 bridgehead atoms. The SMILES string of the molecule is C=C1C=CSC=C(/C=N/C)N1C. The van der Waals surface area contributed by atoms with E-state index >= 15 is 0 Å². The fourth-order valence-electron chi connectivity index (χ4n) is 0.833. The van der Waals surface area contributed by atoms with Gasteiger partial charge in [0, 0.05) is 31.4 Å². The Morgan fingerprint density at radius 2 is 2.42 bits per heavy atom. The van der Waals surface area contributed by atoms with Crippen LogP contribution in [0.25, 0.3) is 0 Å². The lowest BCUT2D eigenvalue weighted by Gasteiger charge is -2.18. The lowest BCUT2D eigenvalue weighted by molar-refractivity contribution is 0.571. The highest BCUT2D eigenvalue weighted by molar-refractivity contribution is 8.04. The molecule has 2 nitrogen and oxygen atoms in total. The molecule has 0 saturated heterocycles. The molecule has 12 heavy (non-hydrogen) atoms. The van der Waals surface area contributed by atoms with Gasteiger partial charge in [0.1, 0.15) is 0 Å². The average molecular weight is 180 g/mol. The van der Waals surface area contributed by atoms with Crippen LogP contribution in [-0.4, -0.2) is 25.2 Å². The molecular formula is C9H12N2S. The maximum Gasteiger partial charge on any atom is 0.0656 e. The van der Waals surface area contributed by atoms with E-state index in [1.807, 2.05) is 35.1 Å². The van der Waals surface area contributed by atoms with E-state index in [4.69, 9.17) is 0 Å². The van der Waals surface area contributed by atoms with Gasteiger partial charge >= 0.3 is 0 Å². The van der Waals surface area contributed by atoms with E-state index in [0.29, 0.717) is 0 Å². The van der Waals surface area contributed by atoms with Crippen molar-refractivity contribution in [1.29, 1.82) is 0 Å². The Kier molecular flexibility index (Phi) is 3.17. The smallest absolute Gasteiger partial charge is 0.0656 e. The van der Waals surface area contributed by atoms with Crippen molar-refractivity contribution in [1.82, 2.24) is 4.90 Å². The maximum absolute atomic E-state index is 3.97. The molecule has 0 amide bonds. The zero-order valence-corrected chi connectivity index (χ0v) is 8.14. The maximum atomic E-state index is 3.97. The second-order valence-electron chi connectivity index (χ2n) is 2.42. The Hall–Kier alpha value is -0.960. The van der Waals surface area contributed by atoms with Crippen molar-refractivity contribution >= 4 is 18.0 Å². The molecule has 0 aliphatic carbocycles. The number of hydrogen-bond donors (Lipinski definition) is 0. The van der Waals surface area contributed by atoms with Crippen LogP contribution >= 0.6 is 11.8 Å². The first-order valence-electron chi connectivity index (χ1n) is 3.62. The number of hydrogen-bond acceptors (Lipinski definition) is 3. The normalized spacial score (nSPS) is 18.3. The second kappa shape index (κ2) is 4.16. The Labute approximate surface area is 77.4 Å². The molecule has 1 aliphatic rings. The van der Waals surface area contributed by atoms with Gasteiger partial charge in [0.2, 0.25) is 0 Å². The molecule has 0 atom stereocenters. The average Bonchev–Trinajstić information content (AvgIpc) is 2.20. The Morgan fingerprint density at radius 3 is 3.08 bits per heavy atom. The van der Waals surface area contributed by atoms with Crippen molar-refractivity contribution in [3.05, 3.63) is 34.9 Å². The second-order valence-corrected chi connectivity index (χ2v) is 3.20. The van der Waals surface area contributed by atoms with Crippen molar-refractivity contribution in [3.63, 3.8) is 0 Å². The third-order valence-electron chi connectivity index (χ3n) is 1.61. The summed E-state index contributed by atoms with van der Waals surface area (Å²) < 4.78 is 0. The van der Waals surface area contributed by atoms with Crippen LogP contribution < -0.4 is 0 Å². The van der Waals surface area contributed by atoms with Gasteiger partial charge in [-0.3, -0.25) is 4.99 Å². The first kappa shape index (κ1) is 9.13. The van der Waals surface area contributed by atoms with Crippen LogP contribution in [0.4, 0.5) is 0 Å². The summed E-state index contributed by atoms with van der Waals surface area (Å²) in [7, 11) is 3.74. The molecule has 0 saturated carbocycles. The molecule has 0 fully saturated rings. The quantitative estimate of drug-likeness (QED) is 0.575. The van der Waals surface area contributed by atoms with Gasteiger partial charge in [-0.15, -0.1) is 11.8 Å². The molecular weight excluding hydrogens is 168 g/mol. The van der Waals surface area contributed by atoms with Crippen LogP contribution in [0.5, 0.6) is 0 Å². The van der Waals surface area contributed by atoms with Crippen LogP contribution in [0.3, 0.4) is 0 Å². The van der Waals surface area contributed by atoms with Crippen molar-refractivity contribution in [2.75, 3.05) is 14.1 Å². The summed E-state index contributed by atoms with van der Waals surface area (Å²) in [5, 5.41) is 4.05. The van der Waals surface area contributed by atoms with Gasteiger partial charge in [-0.1, -0.05) is 6.58 Å². The van der Waals surface area contributed by atoms with Gasteiger partial charge in [0.25, 0.3) is 0 Å². The van der Waals surface area contributed by atoms with Crippen LogP contribution in [0.15, 0.2) is 39.9 Å². The highest BCUT2D eigenvalue weighted by Gasteiger charge is 2.05. The van der Waals surface area contributed by atoms with Gasteiger partial charge in [-0.2, -0.15) is 0 Å². The van der Waals surface area contributed by atoms with E-state index in [0.717, 1.165) is 11.4 Å². The number of thioether (sulfide) groups is 1. The molecule has 0 unspecified atom stereocenters. The van der Waals surface area contributed by atoms with E-state index in [1.54, 1.807) is 18.8 Å². The van der Waals surface area contributed by atoms with E-state index in [1.165, 1.54) is 0 Å². The van der Waals surface area contributed by atoms with Crippen LogP contribution in [-0.2, 0) is 0 Å². The summed E-state index contributed by atoms with van der Waals surface area (Å²) in [5.74, 6) is 0. The monoisotopic (exact) mass is 180 g/mol. The summed E-state index contributed by atoms with van der Waals surface area (Å²) in [6, 6.07) is 0. The lowest BCUT2D eigenvalue weighted by Crippen LogP contribution is -2.15. The number of likely N-dealkylation sites (N-methyl/N-ethyl adjacent to an activating group) is 1. The largest absolute Gasteiger partial charge is 0.343 e. The molecule has 1 aliphatic heterocycles. The van der Waals surface area contributed by atoms with Gasteiger partial charge in [-0.05, 0) is 11.5 Å².